The molecule has 0 radical (unpaired) electrons. The highest BCUT2D eigenvalue weighted by molar-refractivity contribution is 6.09. The van der Waals surface area contributed by atoms with Crippen molar-refractivity contribution >= 4 is 33.5 Å². The van der Waals surface area contributed by atoms with Gasteiger partial charge in [0.25, 0.3) is 0 Å². The van der Waals surface area contributed by atoms with Gasteiger partial charge >= 0.3 is 0 Å². The van der Waals surface area contributed by atoms with Gasteiger partial charge in [0.1, 0.15) is 5.65 Å². The van der Waals surface area contributed by atoms with Crippen LogP contribution in [-0.4, -0.2) is 87.2 Å². The zero-order chi connectivity index (χ0) is 20.0. The number of hydrogen-bond acceptors (Lipinski definition) is 6. The van der Waals surface area contributed by atoms with E-state index in [4.69, 9.17) is 0 Å². The van der Waals surface area contributed by atoms with Crippen LogP contribution in [0.25, 0.3) is 21.9 Å². The molecule has 2 saturated heterocycles. The molecule has 2 aliphatic rings. The van der Waals surface area contributed by atoms with Crippen LogP contribution >= 0.6 is 0 Å². The summed E-state index contributed by atoms with van der Waals surface area (Å²) in [4.78, 5) is 31.1. The number of piperazine rings is 1. The Balaban J connectivity index is 1.29. The number of hydrogen-bond donors (Lipinski definition) is 2. The topological polar surface area (TPSA) is 88.6 Å². The Morgan fingerprint density at radius 2 is 2.03 bits per heavy atom. The van der Waals surface area contributed by atoms with Gasteiger partial charge in [-0.2, -0.15) is 0 Å². The molecule has 0 saturated carbocycles. The highest BCUT2D eigenvalue weighted by atomic mass is 16.3. The molecular weight excluding hydrogens is 368 g/mol. The van der Waals surface area contributed by atoms with Crippen LogP contribution in [0, 0.1) is 0 Å². The second-order valence-corrected chi connectivity index (χ2v) is 8.41. The van der Waals surface area contributed by atoms with E-state index >= 15 is 0 Å². The first-order chi connectivity index (χ1) is 14.0. The molecule has 1 amide bonds. The van der Waals surface area contributed by atoms with E-state index in [0.29, 0.717) is 26.1 Å². The number of β-amino-alcohol motifs (C(OH)–C–C–N with tert-alkyl or cyclic N) is 1. The van der Waals surface area contributed by atoms with Crippen LogP contribution in [0.3, 0.4) is 0 Å². The SMILES string of the molecule is CC1(O)CCN(C(=O)CN2CCN(c3ccnc4cnc5[nH]ccc5c34)CC2)C1. The number of fused-ring (bicyclic) bond motifs is 3. The molecule has 2 fully saturated rings. The maximum absolute atomic E-state index is 12.6. The number of aromatic amines is 1. The summed E-state index contributed by atoms with van der Waals surface area (Å²) in [6.45, 7) is 6.70. The van der Waals surface area contributed by atoms with E-state index in [9.17, 15) is 9.90 Å². The molecule has 0 aromatic carbocycles. The molecule has 5 rings (SSSR count). The molecule has 0 spiro atoms. The lowest BCUT2D eigenvalue weighted by molar-refractivity contribution is -0.132. The first-order valence-electron chi connectivity index (χ1n) is 10.2. The maximum atomic E-state index is 12.6. The summed E-state index contributed by atoms with van der Waals surface area (Å²) in [5, 5.41) is 12.3. The Labute approximate surface area is 169 Å². The van der Waals surface area contributed by atoms with Crippen molar-refractivity contribution in [2.24, 2.45) is 0 Å². The number of aliphatic hydroxyl groups is 1. The average molecular weight is 394 g/mol. The second kappa shape index (κ2) is 6.96. The van der Waals surface area contributed by atoms with E-state index in [2.05, 4.69) is 36.9 Å². The number of nitrogens with one attached hydrogen (secondary N) is 1. The van der Waals surface area contributed by atoms with Gasteiger partial charge in [0.05, 0.1) is 23.9 Å². The number of likely N-dealkylation sites (tertiary alicyclic amines) is 1. The van der Waals surface area contributed by atoms with Crippen LogP contribution in [0.1, 0.15) is 13.3 Å². The van der Waals surface area contributed by atoms with Crippen LogP contribution in [0.2, 0.25) is 0 Å². The smallest absolute Gasteiger partial charge is 0.236 e. The van der Waals surface area contributed by atoms with E-state index in [1.807, 2.05) is 18.6 Å². The molecule has 3 aromatic heterocycles. The van der Waals surface area contributed by atoms with Crippen LogP contribution in [-0.2, 0) is 4.79 Å². The average Bonchev–Trinajstić information content (AvgIpc) is 3.34. The maximum Gasteiger partial charge on any atom is 0.236 e. The van der Waals surface area contributed by atoms with E-state index in [1.54, 1.807) is 11.8 Å². The minimum absolute atomic E-state index is 0.116. The summed E-state index contributed by atoms with van der Waals surface area (Å²) in [6, 6.07) is 4.12. The van der Waals surface area contributed by atoms with Gasteiger partial charge in [0, 0.05) is 68.1 Å². The molecule has 8 heteroatoms. The lowest BCUT2D eigenvalue weighted by Gasteiger charge is -2.36. The fraction of sp³-hybridized carbons (Fsp3) is 0.476. The van der Waals surface area contributed by atoms with Crippen molar-refractivity contribution in [1.29, 1.82) is 0 Å². The van der Waals surface area contributed by atoms with Gasteiger partial charge in [-0.25, -0.2) is 4.98 Å². The number of H-pyrrole nitrogens is 1. The summed E-state index contributed by atoms with van der Waals surface area (Å²) in [5.41, 5.74) is 2.20. The Morgan fingerprint density at radius 3 is 2.79 bits per heavy atom. The summed E-state index contributed by atoms with van der Waals surface area (Å²) in [7, 11) is 0. The zero-order valence-electron chi connectivity index (χ0n) is 16.6. The first kappa shape index (κ1) is 18.3. The molecule has 1 atom stereocenters. The number of pyridine rings is 2. The molecule has 0 aliphatic carbocycles. The van der Waals surface area contributed by atoms with Crippen molar-refractivity contribution < 1.29 is 9.90 Å². The van der Waals surface area contributed by atoms with Crippen molar-refractivity contribution in [2.75, 3.05) is 50.7 Å². The molecule has 3 aromatic rings. The fourth-order valence-corrected chi connectivity index (χ4v) is 4.50. The molecule has 152 valence electrons. The minimum atomic E-state index is -0.741. The molecule has 1 unspecified atom stereocenters. The molecule has 5 heterocycles. The van der Waals surface area contributed by atoms with Crippen LogP contribution < -0.4 is 4.90 Å². The highest BCUT2D eigenvalue weighted by Gasteiger charge is 2.34. The second-order valence-electron chi connectivity index (χ2n) is 8.41. The van der Waals surface area contributed by atoms with Crippen LogP contribution in [0.5, 0.6) is 0 Å². The standard InChI is InChI=1S/C21H26N6O2/c1-21(29)4-7-27(14-21)18(28)13-25-8-10-26(11-9-25)17-3-6-22-16-12-24-20-15(19(16)17)2-5-23-20/h2-3,5-6,12,29H,4,7-11,13-14H2,1H3,(H,23,24). The van der Waals surface area contributed by atoms with Gasteiger partial charge in [-0.1, -0.05) is 0 Å². The Hall–Kier alpha value is -2.71. The fourth-order valence-electron chi connectivity index (χ4n) is 4.50. The molecule has 0 bridgehead atoms. The van der Waals surface area contributed by atoms with E-state index in [1.165, 1.54) is 5.69 Å². The predicted octanol–water partition coefficient (Wildman–Crippen LogP) is 1.22. The van der Waals surface area contributed by atoms with Crippen LogP contribution in [0.15, 0.2) is 30.7 Å². The Morgan fingerprint density at radius 1 is 1.21 bits per heavy atom. The summed E-state index contributed by atoms with van der Waals surface area (Å²) < 4.78 is 0. The molecule has 2 aliphatic heterocycles. The number of carbonyl (C=O) groups is 1. The number of amides is 1. The molecular formula is C21H26N6O2. The third-order valence-corrected chi connectivity index (χ3v) is 6.15. The predicted molar refractivity (Wildman–Crippen MR) is 112 cm³/mol. The number of aromatic nitrogens is 3. The number of anilines is 1. The van der Waals surface area contributed by atoms with Gasteiger partial charge in [0.15, 0.2) is 0 Å². The number of rotatable bonds is 3. The zero-order valence-corrected chi connectivity index (χ0v) is 16.6. The quantitative estimate of drug-likeness (QED) is 0.694. The monoisotopic (exact) mass is 394 g/mol. The lowest BCUT2D eigenvalue weighted by Crippen LogP contribution is -2.50. The van der Waals surface area contributed by atoms with Crippen molar-refractivity contribution in [3.05, 3.63) is 30.7 Å². The molecule has 2 N–H and O–H groups in total. The Bertz CT molecular complexity index is 1050. The molecule has 29 heavy (non-hydrogen) atoms. The van der Waals surface area contributed by atoms with Crippen LogP contribution in [0.4, 0.5) is 5.69 Å². The van der Waals surface area contributed by atoms with E-state index < -0.39 is 5.60 Å². The summed E-state index contributed by atoms with van der Waals surface area (Å²) in [6.07, 6.45) is 6.22. The summed E-state index contributed by atoms with van der Waals surface area (Å²) in [5.74, 6) is 0.116. The third kappa shape index (κ3) is 3.42. The van der Waals surface area contributed by atoms with Crippen molar-refractivity contribution in [3.63, 3.8) is 0 Å². The van der Waals surface area contributed by atoms with Gasteiger partial charge in [-0.3, -0.25) is 14.7 Å². The minimum Gasteiger partial charge on any atom is -0.388 e. The van der Waals surface area contributed by atoms with E-state index in [0.717, 1.165) is 48.1 Å². The lowest BCUT2D eigenvalue weighted by atomic mass is 10.1. The number of nitrogens with zero attached hydrogens (tertiary/aromatic N) is 5. The largest absolute Gasteiger partial charge is 0.388 e. The first-order valence-corrected chi connectivity index (χ1v) is 10.2. The molecule has 8 nitrogen and oxygen atoms in total. The van der Waals surface area contributed by atoms with Gasteiger partial charge in [0.2, 0.25) is 5.91 Å². The van der Waals surface area contributed by atoms with Crippen molar-refractivity contribution in [2.45, 2.75) is 18.9 Å². The van der Waals surface area contributed by atoms with Crippen molar-refractivity contribution in [1.82, 2.24) is 24.8 Å². The van der Waals surface area contributed by atoms with Gasteiger partial charge < -0.3 is 19.9 Å². The summed E-state index contributed by atoms with van der Waals surface area (Å²) >= 11 is 0. The third-order valence-electron chi connectivity index (χ3n) is 6.15. The van der Waals surface area contributed by atoms with Gasteiger partial charge in [-0.05, 0) is 25.5 Å². The van der Waals surface area contributed by atoms with E-state index in [-0.39, 0.29) is 5.91 Å². The number of carbonyl (C=O) groups excluding carboxylic acids is 1. The normalized spacial score (nSPS) is 23.4. The van der Waals surface area contributed by atoms with Gasteiger partial charge in [-0.15, -0.1) is 0 Å². The highest BCUT2D eigenvalue weighted by Crippen LogP contribution is 2.31. The van der Waals surface area contributed by atoms with Crippen molar-refractivity contribution in [3.8, 4) is 0 Å². The Kier molecular flexibility index (Phi) is 4.40.